The number of carboxylic acid groups (broad SMARTS) is 1. The largest absolute Gasteiger partial charge is 0.480 e. The van der Waals surface area contributed by atoms with Crippen LogP contribution >= 0.6 is 0 Å². The molecule has 1 aromatic rings. The molecule has 1 atom stereocenters. The highest BCUT2D eigenvalue weighted by Crippen LogP contribution is 2.23. The quantitative estimate of drug-likeness (QED) is 0.813. The number of likely N-dealkylation sites (N-methyl/N-ethyl adjacent to an activating group) is 1. The second kappa shape index (κ2) is 5.90. The summed E-state index contributed by atoms with van der Waals surface area (Å²) in [6.07, 6.45) is 0. The van der Waals surface area contributed by atoms with Crippen LogP contribution in [-0.4, -0.2) is 44.4 Å². The minimum atomic E-state index is -3.51. The first-order chi connectivity index (χ1) is 9.16. The monoisotopic (exact) mass is 300 g/mol. The van der Waals surface area contributed by atoms with Crippen LogP contribution < -0.4 is 5.32 Å². The Morgan fingerprint density at radius 1 is 1.30 bits per heavy atom. The molecule has 20 heavy (non-hydrogen) atoms. The topological polar surface area (TPSA) is 86.7 Å². The van der Waals surface area contributed by atoms with Crippen molar-refractivity contribution in [1.29, 1.82) is 0 Å². The van der Waals surface area contributed by atoms with Crippen molar-refractivity contribution in [3.05, 3.63) is 29.8 Å². The Morgan fingerprint density at radius 3 is 2.15 bits per heavy atom. The van der Waals surface area contributed by atoms with Crippen LogP contribution in [0, 0.1) is 0 Å². The number of benzene rings is 1. The van der Waals surface area contributed by atoms with Gasteiger partial charge in [-0.3, -0.25) is 5.32 Å². The summed E-state index contributed by atoms with van der Waals surface area (Å²) in [7, 11) is -0.611. The van der Waals surface area contributed by atoms with Gasteiger partial charge in [0.25, 0.3) is 0 Å². The van der Waals surface area contributed by atoms with Crippen molar-refractivity contribution in [2.45, 2.75) is 24.3 Å². The molecule has 0 aromatic heterocycles. The number of carbonyl (C=O) groups is 1. The number of hydrogen-bond donors (Lipinski definition) is 2. The Hall–Kier alpha value is -1.44. The van der Waals surface area contributed by atoms with Gasteiger partial charge in [-0.05, 0) is 31.2 Å². The molecule has 6 nitrogen and oxygen atoms in total. The van der Waals surface area contributed by atoms with Crippen LogP contribution in [0.25, 0.3) is 0 Å². The fourth-order valence-electron chi connectivity index (χ4n) is 1.83. The van der Waals surface area contributed by atoms with E-state index in [0.717, 1.165) is 4.31 Å². The summed E-state index contributed by atoms with van der Waals surface area (Å²) in [5, 5.41) is 12.2. The molecule has 0 bridgehead atoms. The van der Waals surface area contributed by atoms with Crippen molar-refractivity contribution >= 4 is 16.0 Å². The Kier molecular flexibility index (Phi) is 4.90. The molecular formula is C13H20N2O4S. The van der Waals surface area contributed by atoms with Gasteiger partial charge in [-0.1, -0.05) is 19.1 Å². The van der Waals surface area contributed by atoms with Crippen molar-refractivity contribution in [3.8, 4) is 0 Å². The minimum absolute atomic E-state index is 0.135. The van der Waals surface area contributed by atoms with Gasteiger partial charge in [0.05, 0.1) is 4.90 Å². The summed E-state index contributed by atoms with van der Waals surface area (Å²) in [6, 6.07) is 5.88. The lowest BCUT2D eigenvalue weighted by Gasteiger charge is -2.26. The van der Waals surface area contributed by atoms with E-state index in [9.17, 15) is 18.3 Å². The first kappa shape index (κ1) is 16.6. The maximum Gasteiger partial charge on any atom is 0.328 e. The van der Waals surface area contributed by atoms with Crippen molar-refractivity contribution < 1.29 is 18.3 Å². The van der Waals surface area contributed by atoms with Crippen molar-refractivity contribution in [2.75, 3.05) is 20.6 Å². The predicted molar refractivity (Wildman–Crippen MR) is 76.0 cm³/mol. The van der Waals surface area contributed by atoms with Gasteiger partial charge in [0.2, 0.25) is 10.0 Å². The molecule has 0 saturated heterocycles. The molecule has 0 radical (unpaired) electrons. The Morgan fingerprint density at radius 2 is 1.80 bits per heavy atom. The molecule has 0 heterocycles. The first-order valence-electron chi connectivity index (χ1n) is 6.17. The summed E-state index contributed by atoms with van der Waals surface area (Å²) in [6.45, 7) is 3.85. The summed E-state index contributed by atoms with van der Waals surface area (Å²) in [5.74, 6) is -1.01. The summed E-state index contributed by atoms with van der Waals surface area (Å²) in [5.41, 5.74) is -0.737. The lowest BCUT2D eigenvalue weighted by molar-refractivity contribution is -0.144. The standard InChI is InChI=1S/C13H20N2O4S/c1-5-14-13(2,12(16)17)10-6-8-11(9-7-10)20(18,19)15(3)4/h6-9,14H,5H2,1-4H3,(H,16,17). The van der Waals surface area contributed by atoms with E-state index in [-0.39, 0.29) is 4.90 Å². The van der Waals surface area contributed by atoms with Gasteiger partial charge in [-0.15, -0.1) is 0 Å². The van der Waals surface area contributed by atoms with E-state index in [1.54, 1.807) is 6.92 Å². The maximum absolute atomic E-state index is 11.9. The zero-order valence-corrected chi connectivity index (χ0v) is 12.9. The summed E-state index contributed by atoms with van der Waals surface area (Å²) >= 11 is 0. The maximum atomic E-state index is 11.9. The molecule has 0 spiro atoms. The molecule has 0 aliphatic carbocycles. The third kappa shape index (κ3) is 3.00. The molecule has 0 fully saturated rings. The van der Waals surface area contributed by atoms with E-state index in [0.29, 0.717) is 12.1 Å². The molecule has 112 valence electrons. The average molecular weight is 300 g/mol. The molecule has 0 aliphatic rings. The van der Waals surface area contributed by atoms with E-state index < -0.39 is 21.5 Å². The normalized spacial score (nSPS) is 15.1. The SMILES string of the molecule is CCNC(C)(C(=O)O)c1ccc(S(=O)(=O)N(C)C)cc1. The fraction of sp³-hybridized carbons (Fsp3) is 0.462. The Bertz CT molecular complexity index is 581. The molecular weight excluding hydrogens is 280 g/mol. The number of aliphatic carboxylic acids is 1. The Balaban J connectivity index is 3.23. The summed E-state index contributed by atoms with van der Waals surface area (Å²) < 4.78 is 25.0. The third-order valence-electron chi connectivity index (χ3n) is 3.17. The number of rotatable bonds is 6. The van der Waals surface area contributed by atoms with Crippen LogP contribution in [0.15, 0.2) is 29.2 Å². The van der Waals surface area contributed by atoms with E-state index in [4.69, 9.17) is 0 Å². The number of sulfonamides is 1. The molecule has 7 heteroatoms. The second-order valence-electron chi connectivity index (χ2n) is 4.77. The average Bonchev–Trinajstić information content (AvgIpc) is 2.38. The smallest absolute Gasteiger partial charge is 0.328 e. The lowest BCUT2D eigenvalue weighted by atomic mass is 9.92. The van der Waals surface area contributed by atoms with Gasteiger partial charge in [-0.2, -0.15) is 0 Å². The van der Waals surface area contributed by atoms with Gasteiger partial charge >= 0.3 is 5.97 Å². The van der Waals surface area contributed by atoms with Crippen LogP contribution in [0.3, 0.4) is 0 Å². The highest BCUT2D eigenvalue weighted by Gasteiger charge is 2.34. The third-order valence-corrected chi connectivity index (χ3v) is 5.00. The van der Waals surface area contributed by atoms with Crippen molar-refractivity contribution in [2.24, 2.45) is 0 Å². The van der Waals surface area contributed by atoms with E-state index in [1.165, 1.54) is 38.4 Å². The van der Waals surface area contributed by atoms with E-state index in [1.807, 2.05) is 6.92 Å². The molecule has 1 unspecified atom stereocenters. The van der Waals surface area contributed by atoms with Crippen molar-refractivity contribution in [3.63, 3.8) is 0 Å². The molecule has 0 saturated carbocycles. The lowest BCUT2D eigenvalue weighted by Crippen LogP contribution is -2.46. The van der Waals surface area contributed by atoms with Crippen LogP contribution in [0.1, 0.15) is 19.4 Å². The zero-order valence-electron chi connectivity index (χ0n) is 12.0. The number of carboxylic acids is 1. The van der Waals surface area contributed by atoms with E-state index in [2.05, 4.69) is 5.32 Å². The van der Waals surface area contributed by atoms with Gasteiger partial charge < -0.3 is 5.11 Å². The predicted octanol–water partition coefficient (Wildman–Crippen LogP) is 0.846. The second-order valence-corrected chi connectivity index (χ2v) is 6.92. The van der Waals surface area contributed by atoms with Gasteiger partial charge in [0, 0.05) is 14.1 Å². The van der Waals surface area contributed by atoms with E-state index >= 15 is 0 Å². The Labute approximate surface area is 119 Å². The number of nitrogens with one attached hydrogen (secondary N) is 1. The van der Waals surface area contributed by atoms with Crippen LogP contribution in [0.2, 0.25) is 0 Å². The van der Waals surface area contributed by atoms with Crippen LogP contribution in [-0.2, 0) is 20.4 Å². The molecule has 2 N–H and O–H groups in total. The molecule has 0 aliphatic heterocycles. The number of nitrogens with zero attached hydrogens (tertiary/aromatic N) is 1. The highest BCUT2D eigenvalue weighted by molar-refractivity contribution is 7.89. The number of hydrogen-bond acceptors (Lipinski definition) is 4. The van der Waals surface area contributed by atoms with Gasteiger partial charge in [0.1, 0.15) is 5.54 Å². The van der Waals surface area contributed by atoms with Crippen LogP contribution in [0.4, 0.5) is 0 Å². The van der Waals surface area contributed by atoms with Gasteiger partial charge in [0.15, 0.2) is 0 Å². The van der Waals surface area contributed by atoms with Gasteiger partial charge in [-0.25, -0.2) is 17.5 Å². The summed E-state index contributed by atoms with van der Waals surface area (Å²) in [4.78, 5) is 11.5. The molecule has 0 amide bonds. The van der Waals surface area contributed by atoms with Crippen molar-refractivity contribution in [1.82, 2.24) is 9.62 Å². The highest BCUT2D eigenvalue weighted by atomic mass is 32.2. The minimum Gasteiger partial charge on any atom is -0.480 e. The zero-order chi connectivity index (χ0) is 15.6. The molecule has 1 rings (SSSR count). The van der Waals surface area contributed by atoms with Crippen LogP contribution in [0.5, 0.6) is 0 Å². The first-order valence-corrected chi connectivity index (χ1v) is 7.61. The fourth-order valence-corrected chi connectivity index (χ4v) is 2.73. The molecule has 1 aromatic carbocycles.